The summed E-state index contributed by atoms with van der Waals surface area (Å²) in [5.41, 5.74) is 5.11. The van der Waals surface area contributed by atoms with Crippen molar-refractivity contribution in [2.45, 2.75) is 32.6 Å². The number of aliphatic imine (C=N–C) groups is 1. The molecule has 0 bridgehead atoms. The molecule has 0 saturated heterocycles. The predicted molar refractivity (Wildman–Crippen MR) is 92.1 cm³/mol. The molecule has 1 aromatic rings. The lowest BCUT2D eigenvalue weighted by Gasteiger charge is -2.23. The van der Waals surface area contributed by atoms with Gasteiger partial charge in [-0.2, -0.15) is 0 Å². The second-order valence-corrected chi connectivity index (χ2v) is 5.76. The summed E-state index contributed by atoms with van der Waals surface area (Å²) in [5, 5.41) is 0. The van der Waals surface area contributed by atoms with Crippen molar-refractivity contribution in [1.29, 1.82) is 0 Å². The van der Waals surface area contributed by atoms with Crippen LogP contribution < -0.4 is 0 Å². The van der Waals surface area contributed by atoms with Gasteiger partial charge in [-0.1, -0.05) is 49.8 Å². The lowest BCUT2D eigenvalue weighted by atomic mass is 9.91. The minimum Gasteiger partial charge on any atom is -0.380 e. The summed E-state index contributed by atoms with van der Waals surface area (Å²) in [7, 11) is 4.22. The number of hydrogen-bond donors (Lipinski definition) is 0. The molecular weight excluding hydrogens is 256 g/mol. The highest BCUT2D eigenvalue weighted by atomic mass is 15.1. The van der Waals surface area contributed by atoms with Gasteiger partial charge in [-0.3, -0.25) is 4.99 Å². The van der Waals surface area contributed by atoms with Crippen LogP contribution in [-0.2, 0) is 0 Å². The van der Waals surface area contributed by atoms with Crippen LogP contribution in [0, 0.1) is 0 Å². The number of rotatable bonds is 6. The number of hydrogen-bond acceptors (Lipinski definition) is 2. The summed E-state index contributed by atoms with van der Waals surface area (Å²) in [5.74, 6) is 0.340. The number of unbranched alkanes of at least 4 members (excludes halogenated alkanes) is 1. The largest absolute Gasteiger partial charge is 0.380 e. The van der Waals surface area contributed by atoms with E-state index in [4.69, 9.17) is 4.99 Å². The Morgan fingerprint density at radius 3 is 2.71 bits per heavy atom. The molecule has 1 aliphatic carbocycles. The van der Waals surface area contributed by atoms with Gasteiger partial charge in [0, 0.05) is 38.0 Å². The first-order valence-electron chi connectivity index (χ1n) is 7.81. The molecule has 0 aromatic heterocycles. The highest BCUT2D eigenvalue weighted by Crippen LogP contribution is 2.33. The summed E-state index contributed by atoms with van der Waals surface area (Å²) in [4.78, 5) is 6.94. The van der Waals surface area contributed by atoms with E-state index in [1.807, 2.05) is 0 Å². The molecule has 0 saturated carbocycles. The van der Waals surface area contributed by atoms with Crippen molar-refractivity contribution in [2.24, 2.45) is 4.99 Å². The van der Waals surface area contributed by atoms with Crippen molar-refractivity contribution < 1.29 is 0 Å². The first-order chi connectivity index (χ1) is 10.1. The molecule has 0 radical (unpaired) electrons. The first-order valence-corrected chi connectivity index (χ1v) is 7.81. The molecule has 2 nitrogen and oxygen atoms in total. The highest BCUT2D eigenvalue weighted by Gasteiger charge is 2.21. The van der Waals surface area contributed by atoms with Crippen molar-refractivity contribution in [1.82, 2.24) is 4.90 Å². The molecule has 0 spiro atoms. The minimum atomic E-state index is 0.340. The summed E-state index contributed by atoms with van der Waals surface area (Å²) < 4.78 is 0. The fourth-order valence-electron chi connectivity index (χ4n) is 2.75. The smallest absolute Gasteiger partial charge is 0.0429 e. The predicted octanol–water partition coefficient (Wildman–Crippen LogP) is 4.39. The van der Waals surface area contributed by atoms with E-state index >= 15 is 0 Å². The molecule has 0 amide bonds. The SMILES string of the molecule is CCCCN=C(C)c1ccccc1C1C=CC=C1N(C)C. The fourth-order valence-corrected chi connectivity index (χ4v) is 2.75. The molecule has 0 N–H and O–H groups in total. The van der Waals surface area contributed by atoms with Gasteiger partial charge in [-0.15, -0.1) is 0 Å². The zero-order valence-corrected chi connectivity index (χ0v) is 13.6. The molecule has 0 heterocycles. The molecule has 21 heavy (non-hydrogen) atoms. The lowest BCUT2D eigenvalue weighted by molar-refractivity contribution is 0.487. The van der Waals surface area contributed by atoms with E-state index < -0.39 is 0 Å². The third-order valence-corrected chi connectivity index (χ3v) is 3.95. The number of allylic oxidation sites excluding steroid dienone is 3. The van der Waals surface area contributed by atoms with Crippen LogP contribution in [0.15, 0.2) is 53.2 Å². The maximum Gasteiger partial charge on any atom is 0.0429 e. The van der Waals surface area contributed by atoms with Gasteiger partial charge < -0.3 is 4.90 Å². The summed E-state index contributed by atoms with van der Waals surface area (Å²) in [6.07, 6.45) is 8.97. The molecule has 1 atom stereocenters. The van der Waals surface area contributed by atoms with Crippen molar-refractivity contribution in [3.05, 3.63) is 59.3 Å². The zero-order valence-electron chi connectivity index (χ0n) is 13.6. The number of benzene rings is 1. The monoisotopic (exact) mass is 282 g/mol. The van der Waals surface area contributed by atoms with Crippen LogP contribution in [0.5, 0.6) is 0 Å². The molecule has 112 valence electrons. The van der Waals surface area contributed by atoms with E-state index in [0.717, 1.165) is 18.7 Å². The Morgan fingerprint density at radius 2 is 2.00 bits per heavy atom. The molecule has 0 aliphatic heterocycles. The molecular formula is C19H26N2. The second kappa shape index (κ2) is 7.26. The van der Waals surface area contributed by atoms with Crippen LogP contribution in [0.2, 0.25) is 0 Å². The molecule has 1 aliphatic rings. The molecule has 0 fully saturated rings. The first kappa shape index (κ1) is 15.6. The van der Waals surface area contributed by atoms with E-state index in [1.165, 1.54) is 23.2 Å². The van der Waals surface area contributed by atoms with Gasteiger partial charge in [-0.25, -0.2) is 0 Å². The van der Waals surface area contributed by atoms with E-state index in [1.54, 1.807) is 0 Å². The Hall–Kier alpha value is -1.83. The zero-order chi connectivity index (χ0) is 15.2. The van der Waals surface area contributed by atoms with Crippen LogP contribution in [0.3, 0.4) is 0 Å². The van der Waals surface area contributed by atoms with E-state index in [2.05, 4.69) is 75.3 Å². The number of likely N-dealkylation sites (N-methyl/N-ethyl adjacent to an activating group) is 1. The van der Waals surface area contributed by atoms with Gasteiger partial charge in [0.1, 0.15) is 0 Å². The number of nitrogens with zero attached hydrogens (tertiary/aromatic N) is 2. The Labute approximate surface area is 128 Å². The minimum absolute atomic E-state index is 0.340. The Bertz CT molecular complexity index is 565. The topological polar surface area (TPSA) is 15.6 Å². The molecule has 1 unspecified atom stereocenters. The molecule has 1 aromatic carbocycles. The Balaban J connectivity index is 2.31. The molecule has 2 heteroatoms. The normalized spacial score (nSPS) is 18.0. The maximum absolute atomic E-state index is 4.75. The molecule has 2 rings (SSSR count). The van der Waals surface area contributed by atoms with Crippen molar-refractivity contribution in [2.75, 3.05) is 20.6 Å². The van der Waals surface area contributed by atoms with Gasteiger partial charge in [0.15, 0.2) is 0 Å². The van der Waals surface area contributed by atoms with Crippen LogP contribution in [-0.4, -0.2) is 31.3 Å². The standard InChI is InChI=1S/C19H26N2/c1-5-6-14-20-15(2)16-10-7-8-11-17(16)18-12-9-13-19(18)21(3)4/h7-13,18H,5-6,14H2,1-4H3. The van der Waals surface area contributed by atoms with Gasteiger partial charge in [0.2, 0.25) is 0 Å². The average Bonchev–Trinajstić information content (AvgIpc) is 2.97. The summed E-state index contributed by atoms with van der Waals surface area (Å²) in [6.45, 7) is 5.26. The second-order valence-electron chi connectivity index (χ2n) is 5.76. The van der Waals surface area contributed by atoms with Crippen molar-refractivity contribution in [3.8, 4) is 0 Å². The van der Waals surface area contributed by atoms with Gasteiger partial charge in [0.25, 0.3) is 0 Å². The van der Waals surface area contributed by atoms with Crippen molar-refractivity contribution >= 4 is 5.71 Å². The van der Waals surface area contributed by atoms with Crippen LogP contribution in [0.4, 0.5) is 0 Å². The fraction of sp³-hybridized carbons (Fsp3) is 0.421. The third kappa shape index (κ3) is 3.63. The summed E-state index contributed by atoms with van der Waals surface area (Å²) >= 11 is 0. The quantitative estimate of drug-likeness (QED) is 0.558. The summed E-state index contributed by atoms with van der Waals surface area (Å²) in [6, 6.07) is 8.65. The van der Waals surface area contributed by atoms with E-state index in [9.17, 15) is 0 Å². The Kier molecular flexibility index (Phi) is 5.38. The van der Waals surface area contributed by atoms with Crippen LogP contribution in [0.25, 0.3) is 0 Å². The van der Waals surface area contributed by atoms with E-state index in [0.29, 0.717) is 5.92 Å². The lowest BCUT2D eigenvalue weighted by Crippen LogP contribution is -2.17. The van der Waals surface area contributed by atoms with Gasteiger partial charge in [-0.05, 0) is 30.5 Å². The maximum atomic E-state index is 4.75. The highest BCUT2D eigenvalue weighted by molar-refractivity contribution is 6.00. The average molecular weight is 282 g/mol. The van der Waals surface area contributed by atoms with Gasteiger partial charge >= 0.3 is 0 Å². The van der Waals surface area contributed by atoms with Crippen LogP contribution >= 0.6 is 0 Å². The third-order valence-electron chi connectivity index (χ3n) is 3.95. The Morgan fingerprint density at radius 1 is 1.24 bits per heavy atom. The van der Waals surface area contributed by atoms with Crippen LogP contribution in [0.1, 0.15) is 43.7 Å². The van der Waals surface area contributed by atoms with E-state index in [-0.39, 0.29) is 0 Å². The van der Waals surface area contributed by atoms with Crippen molar-refractivity contribution in [3.63, 3.8) is 0 Å². The van der Waals surface area contributed by atoms with Gasteiger partial charge in [0.05, 0.1) is 0 Å².